The van der Waals surface area contributed by atoms with E-state index in [1.54, 1.807) is 32.9 Å². The lowest BCUT2D eigenvalue weighted by Crippen LogP contribution is -2.27. The molecule has 0 fully saturated rings. The predicted octanol–water partition coefficient (Wildman–Crippen LogP) is 2.75. The smallest absolute Gasteiger partial charge is 0.412 e. The molecule has 0 aliphatic heterocycles. The molecular formula is C12H17NO4. The zero-order chi connectivity index (χ0) is 13.1. The Balaban J connectivity index is 2.82. The molecule has 5 nitrogen and oxygen atoms in total. The molecule has 0 saturated heterocycles. The van der Waals surface area contributed by atoms with Crippen LogP contribution in [0.5, 0.6) is 11.5 Å². The van der Waals surface area contributed by atoms with Gasteiger partial charge in [0.15, 0.2) is 11.5 Å². The van der Waals surface area contributed by atoms with Gasteiger partial charge in [-0.1, -0.05) is 6.07 Å². The Kier molecular flexibility index (Phi) is 3.83. The monoisotopic (exact) mass is 239 g/mol. The van der Waals surface area contributed by atoms with Crippen molar-refractivity contribution in [2.24, 2.45) is 0 Å². The fourth-order valence-electron chi connectivity index (χ4n) is 1.25. The van der Waals surface area contributed by atoms with Crippen molar-refractivity contribution in [3.05, 3.63) is 18.2 Å². The topological polar surface area (TPSA) is 67.8 Å². The maximum atomic E-state index is 11.5. The Morgan fingerprint density at radius 1 is 1.35 bits per heavy atom. The van der Waals surface area contributed by atoms with Gasteiger partial charge in [-0.05, 0) is 32.9 Å². The number of rotatable bonds is 2. The van der Waals surface area contributed by atoms with Crippen LogP contribution in [0.3, 0.4) is 0 Å². The molecule has 1 aromatic carbocycles. The van der Waals surface area contributed by atoms with E-state index >= 15 is 0 Å². The SMILES string of the molecule is COc1c(O)cccc1NC(=O)OC(C)(C)C. The molecule has 5 heteroatoms. The van der Waals surface area contributed by atoms with Crippen LogP contribution in [0.2, 0.25) is 0 Å². The maximum absolute atomic E-state index is 11.5. The summed E-state index contributed by atoms with van der Waals surface area (Å²) in [5.41, 5.74) is -0.213. The van der Waals surface area contributed by atoms with Crippen LogP contribution in [0.25, 0.3) is 0 Å². The molecule has 2 N–H and O–H groups in total. The number of phenols is 1. The number of aromatic hydroxyl groups is 1. The summed E-state index contributed by atoms with van der Waals surface area (Å²) in [5, 5.41) is 12.0. The number of carbonyl (C=O) groups excluding carboxylic acids is 1. The van der Waals surface area contributed by atoms with Crippen LogP contribution < -0.4 is 10.1 Å². The lowest BCUT2D eigenvalue weighted by atomic mass is 10.2. The first-order valence-corrected chi connectivity index (χ1v) is 5.19. The molecule has 0 saturated carbocycles. The van der Waals surface area contributed by atoms with Gasteiger partial charge in [-0.15, -0.1) is 0 Å². The Hall–Kier alpha value is -1.91. The van der Waals surface area contributed by atoms with Gasteiger partial charge in [0, 0.05) is 0 Å². The average molecular weight is 239 g/mol. The highest BCUT2D eigenvalue weighted by molar-refractivity contribution is 5.87. The molecule has 1 amide bonds. The summed E-state index contributed by atoms with van der Waals surface area (Å²) in [6.07, 6.45) is -0.596. The van der Waals surface area contributed by atoms with Gasteiger partial charge in [-0.25, -0.2) is 4.79 Å². The van der Waals surface area contributed by atoms with Crippen molar-refractivity contribution in [1.82, 2.24) is 0 Å². The van der Waals surface area contributed by atoms with E-state index in [4.69, 9.17) is 9.47 Å². The third-order valence-electron chi connectivity index (χ3n) is 1.83. The summed E-state index contributed by atoms with van der Waals surface area (Å²) >= 11 is 0. The van der Waals surface area contributed by atoms with E-state index in [-0.39, 0.29) is 11.5 Å². The largest absolute Gasteiger partial charge is 0.504 e. The van der Waals surface area contributed by atoms with Crippen molar-refractivity contribution in [3.8, 4) is 11.5 Å². The molecular weight excluding hydrogens is 222 g/mol. The van der Waals surface area contributed by atoms with Crippen LogP contribution in [0.4, 0.5) is 10.5 Å². The second-order valence-corrected chi connectivity index (χ2v) is 4.48. The highest BCUT2D eigenvalue weighted by Gasteiger charge is 2.18. The lowest BCUT2D eigenvalue weighted by Gasteiger charge is -2.20. The van der Waals surface area contributed by atoms with Crippen molar-refractivity contribution >= 4 is 11.8 Å². The fourth-order valence-corrected chi connectivity index (χ4v) is 1.25. The Morgan fingerprint density at radius 2 is 2.00 bits per heavy atom. The van der Waals surface area contributed by atoms with Crippen molar-refractivity contribution in [3.63, 3.8) is 0 Å². The zero-order valence-electron chi connectivity index (χ0n) is 10.4. The summed E-state index contributed by atoms with van der Waals surface area (Å²) < 4.78 is 10.1. The molecule has 1 aromatic rings. The number of nitrogens with one attached hydrogen (secondary N) is 1. The first-order valence-electron chi connectivity index (χ1n) is 5.19. The second-order valence-electron chi connectivity index (χ2n) is 4.48. The van der Waals surface area contributed by atoms with Gasteiger partial charge in [0.05, 0.1) is 12.8 Å². The highest BCUT2D eigenvalue weighted by Crippen LogP contribution is 2.33. The van der Waals surface area contributed by atoms with Crippen molar-refractivity contribution in [1.29, 1.82) is 0 Å². The Morgan fingerprint density at radius 3 is 2.53 bits per heavy atom. The van der Waals surface area contributed by atoms with Crippen LogP contribution in [-0.2, 0) is 4.74 Å². The van der Waals surface area contributed by atoms with Crippen LogP contribution in [0.15, 0.2) is 18.2 Å². The lowest BCUT2D eigenvalue weighted by molar-refractivity contribution is 0.0635. The normalized spacial score (nSPS) is 10.8. The number of benzene rings is 1. The van der Waals surface area contributed by atoms with Gasteiger partial charge >= 0.3 is 6.09 Å². The minimum atomic E-state index is -0.596. The predicted molar refractivity (Wildman–Crippen MR) is 64.5 cm³/mol. The van der Waals surface area contributed by atoms with E-state index in [1.807, 2.05) is 0 Å². The molecule has 0 heterocycles. The number of hydrogen-bond donors (Lipinski definition) is 2. The van der Waals surface area contributed by atoms with Crippen molar-refractivity contribution in [2.75, 3.05) is 12.4 Å². The molecule has 17 heavy (non-hydrogen) atoms. The third-order valence-corrected chi connectivity index (χ3v) is 1.83. The van der Waals surface area contributed by atoms with E-state index in [0.29, 0.717) is 5.69 Å². The van der Waals surface area contributed by atoms with Crippen LogP contribution >= 0.6 is 0 Å². The van der Waals surface area contributed by atoms with Gasteiger partial charge in [0.25, 0.3) is 0 Å². The first kappa shape index (κ1) is 13.2. The van der Waals surface area contributed by atoms with Crippen molar-refractivity contribution < 1.29 is 19.4 Å². The van der Waals surface area contributed by atoms with E-state index < -0.39 is 11.7 Å². The van der Waals surface area contributed by atoms with Gasteiger partial charge in [-0.3, -0.25) is 5.32 Å². The number of anilines is 1. The fraction of sp³-hybridized carbons (Fsp3) is 0.417. The van der Waals surface area contributed by atoms with Gasteiger partial charge < -0.3 is 14.6 Å². The molecule has 0 atom stereocenters. The molecule has 94 valence electrons. The summed E-state index contributed by atoms with van der Waals surface area (Å²) in [4.78, 5) is 11.5. The van der Waals surface area contributed by atoms with Crippen LogP contribution in [0, 0.1) is 0 Å². The van der Waals surface area contributed by atoms with E-state index in [1.165, 1.54) is 13.2 Å². The Bertz CT molecular complexity index is 409. The summed E-state index contributed by atoms with van der Waals surface area (Å²) in [6.45, 7) is 5.31. The molecule has 0 radical (unpaired) electrons. The number of phenolic OH excluding ortho intramolecular Hbond substituents is 1. The van der Waals surface area contributed by atoms with Gasteiger partial charge in [0.2, 0.25) is 0 Å². The molecule has 0 aliphatic carbocycles. The van der Waals surface area contributed by atoms with Crippen LogP contribution in [0.1, 0.15) is 20.8 Å². The minimum Gasteiger partial charge on any atom is -0.504 e. The van der Waals surface area contributed by atoms with Crippen molar-refractivity contribution in [2.45, 2.75) is 26.4 Å². The van der Waals surface area contributed by atoms with E-state index in [2.05, 4.69) is 5.32 Å². The van der Waals surface area contributed by atoms with E-state index in [0.717, 1.165) is 0 Å². The highest BCUT2D eigenvalue weighted by atomic mass is 16.6. The number of amides is 1. The quantitative estimate of drug-likeness (QED) is 0.832. The Labute approximate surface area is 100 Å². The summed E-state index contributed by atoms with van der Waals surface area (Å²) in [5.74, 6) is 0.166. The number of carbonyl (C=O) groups is 1. The molecule has 0 spiro atoms. The number of para-hydroxylation sites is 1. The zero-order valence-corrected chi connectivity index (χ0v) is 10.4. The minimum absolute atomic E-state index is 0.0407. The number of ether oxygens (including phenoxy) is 2. The molecule has 0 aliphatic rings. The third kappa shape index (κ3) is 3.86. The van der Waals surface area contributed by atoms with Crippen LogP contribution in [-0.4, -0.2) is 23.9 Å². The second kappa shape index (κ2) is 4.95. The molecule has 0 unspecified atom stereocenters. The first-order chi connectivity index (χ1) is 7.83. The van der Waals surface area contributed by atoms with Gasteiger partial charge in [0.1, 0.15) is 5.60 Å². The molecule has 1 rings (SSSR count). The maximum Gasteiger partial charge on any atom is 0.412 e. The summed E-state index contributed by atoms with van der Waals surface area (Å²) in [7, 11) is 1.41. The molecule has 0 bridgehead atoms. The van der Waals surface area contributed by atoms with Gasteiger partial charge in [-0.2, -0.15) is 0 Å². The standard InChI is InChI=1S/C12H17NO4/c1-12(2,3)17-11(15)13-8-6-5-7-9(14)10(8)16-4/h5-7,14H,1-4H3,(H,13,15). The number of methoxy groups -OCH3 is 1. The average Bonchev–Trinajstić information content (AvgIpc) is 2.14. The number of hydrogen-bond acceptors (Lipinski definition) is 4. The van der Waals surface area contributed by atoms with E-state index in [9.17, 15) is 9.90 Å². The molecule has 0 aromatic heterocycles. The summed E-state index contributed by atoms with van der Waals surface area (Å²) in [6, 6.07) is 4.69.